The topological polar surface area (TPSA) is 131 Å². The highest BCUT2D eigenvalue weighted by Gasteiger charge is 2.35. The molecular formula is C30H32ClN3O8. The van der Waals surface area contributed by atoms with Crippen LogP contribution >= 0.6 is 11.6 Å². The molecule has 0 aliphatic carbocycles. The van der Waals surface area contributed by atoms with Crippen LogP contribution in [0.5, 0.6) is 11.5 Å². The molecule has 0 bridgehead atoms. The Labute approximate surface area is 247 Å². The molecule has 0 radical (unpaired) electrons. The van der Waals surface area contributed by atoms with Gasteiger partial charge >= 0.3 is 5.97 Å². The molecule has 2 aliphatic heterocycles. The number of nitrogens with zero attached hydrogens (tertiary/aromatic N) is 3. The van der Waals surface area contributed by atoms with E-state index >= 15 is 0 Å². The standard InChI is InChI=1S/C30H32ClN3O8/c1-40-24-7-3-5-20(30(24)41-2)29-21-13-18(31)8-9-22(21)34-10-4-6-23(34)25(42-29)14-19(35)15-26(36)32-11-12-33(17-28(38)39)27(37)16-32/h3-10,13,19,25,29,35H,11-12,14-17H2,1-2H3,(H,38,39)/t19?,25-,29-/m1/s1. The number of hydrogen-bond donors (Lipinski definition) is 2. The molecule has 1 saturated heterocycles. The van der Waals surface area contributed by atoms with Gasteiger partial charge in [-0.3, -0.25) is 14.4 Å². The van der Waals surface area contributed by atoms with Crippen LogP contribution in [0.2, 0.25) is 5.02 Å². The van der Waals surface area contributed by atoms with E-state index in [2.05, 4.69) is 0 Å². The molecule has 42 heavy (non-hydrogen) atoms. The van der Waals surface area contributed by atoms with Gasteiger partial charge in [0, 0.05) is 41.9 Å². The Morgan fingerprint density at radius 1 is 1.10 bits per heavy atom. The molecule has 0 spiro atoms. The summed E-state index contributed by atoms with van der Waals surface area (Å²) in [5.41, 5.74) is 3.13. The third-order valence-electron chi connectivity index (χ3n) is 7.55. The van der Waals surface area contributed by atoms with Gasteiger partial charge in [0.25, 0.3) is 0 Å². The molecule has 222 valence electrons. The first-order chi connectivity index (χ1) is 20.2. The maximum absolute atomic E-state index is 13.0. The summed E-state index contributed by atoms with van der Waals surface area (Å²) in [5, 5.41) is 20.6. The number of rotatable bonds is 9. The van der Waals surface area contributed by atoms with Crippen LogP contribution < -0.4 is 9.47 Å². The number of carbonyl (C=O) groups excluding carboxylic acids is 2. The normalized spacial score (nSPS) is 19.0. The van der Waals surface area contributed by atoms with Gasteiger partial charge in [0.2, 0.25) is 11.8 Å². The number of fused-ring (bicyclic) bond motifs is 3. The van der Waals surface area contributed by atoms with Crippen LogP contribution in [0.1, 0.15) is 41.9 Å². The van der Waals surface area contributed by atoms with Crippen LogP contribution in [-0.4, -0.2) is 88.9 Å². The predicted octanol–water partition coefficient (Wildman–Crippen LogP) is 3.21. The third kappa shape index (κ3) is 5.94. The summed E-state index contributed by atoms with van der Waals surface area (Å²) < 4.78 is 20.0. The highest BCUT2D eigenvalue weighted by Crippen LogP contribution is 2.46. The van der Waals surface area contributed by atoms with Gasteiger partial charge in [0.1, 0.15) is 18.8 Å². The molecule has 5 rings (SSSR count). The molecule has 2 N–H and O–H groups in total. The molecule has 1 fully saturated rings. The second-order valence-corrected chi connectivity index (χ2v) is 10.6. The number of amides is 2. The average molecular weight is 598 g/mol. The lowest BCUT2D eigenvalue weighted by Crippen LogP contribution is -2.53. The van der Waals surface area contributed by atoms with E-state index in [-0.39, 0.29) is 32.5 Å². The molecular weight excluding hydrogens is 566 g/mol. The summed E-state index contributed by atoms with van der Waals surface area (Å²) in [6.07, 6.45) is -0.606. The first kappa shape index (κ1) is 29.4. The first-order valence-corrected chi connectivity index (χ1v) is 13.9. The molecule has 2 amide bonds. The van der Waals surface area contributed by atoms with Gasteiger partial charge in [-0.05, 0) is 36.4 Å². The van der Waals surface area contributed by atoms with Crippen LogP contribution in [0, 0.1) is 0 Å². The molecule has 2 aromatic carbocycles. The van der Waals surface area contributed by atoms with Gasteiger partial charge in [-0.1, -0.05) is 23.7 Å². The number of hydrogen-bond acceptors (Lipinski definition) is 7. The largest absolute Gasteiger partial charge is 0.493 e. The molecule has 3 atom stereocenters. The lowest BCUT2D eigenvalue weighted by molar-refractivity contribution is -0.151. The van der Waals surface area contributed by atoms with E-state index in [9.17, 15) is 19.5 Å². The van der Waals surface area contributed by atoms with Crippen LogP contribution in [0.25, 0.3) is 5.69 Å². The van der Waals surface area contributed by atoms with Gasteiger partial charge in [0.15, 0.2) is 11.5 Å². The van der Waals surface area contributed by atoms with Gasteiger partial charge in [0.05, 0.1) is 44.7 Å². The zero-order valence-electron chi connectivity index (χ0n) is 23.2. The van der Waals surface area contributed by atoms with Crippen molar-refractivity contribution in [1.82, 2.24) is 14.4 Å². The minimum atomic E-state index is -1.11. The van der Waals surface area contributed by atoms with Crippen molar-refractivity contribution in [2.75, 3.05) is 40.4 Å². The number of aliphatic carboxylic acids is 1. The number of ether oxygens (including phenoxy) is 3. The summed E-state index contributed by atoms with van der Waals surface area (Å²) in [6, 6.07) is 14.9. The monoisotopic (exact) mass is 597 g/mol. The van der Waals surface area contributed by atoms with Gasteiger partial charge in [-0.25, -0.2) is 0 Å². The van der Waals surface area contributed by atoms with E-state index in [1.807, 2.05) is 47.2 Å². The van der Waals surface area contributed by atoms with Crippen LogP contribution in [0.15, 0.2) is 54.7 Å². The molecule has 1 unspecified atom stereocenters. The molecule has 3 aromatic rings. The van der Waals surface area contributed by atoms with Crippen molar-refractivity contribution in [2.24, 2.45) is 0 Å². The van der Waals surface area contributed by atoms with Crippen molar-refractivity contribution in [3.63, 3.8) is 0 Å². The van der Waals surface area contributed by atoms with Crippen LogP contribution in [0.4, 0.5) is 0 Å². The SMILES string of the molecule is COc1cccc([C@H]2O[C@H](CC(O)CC(=O)N3CCN(CC(=O)O)C(=O)C3)c3cccn3-c3ccc(Cl)cc32)c1OC. The van der Waals surface area contributed by atoms with Crippen molar-refractivity contribution in [3.8, 4) is 17.2 Å². The lowest BCUT2D eigenvalue weighted by atomic mass is 9.98. The quantitative estimate of drug-likeness (QED) is 0.385. The molecule has 1 aromatic heterocycles. The van der Waals surface area contributed by atoms with E-state index in [1.165, 1.54) is 9.80 Å². The Morgan fingerprint density at radius 2 is 1.90 bits per heavy atom. The highest BCUT2D eigenvalue weighted by atomic mass is 35.5. The average Bonchev–Trinajstić information content (AvgIpc) is 3.41. The number of aliphatic hydroxyl groups is 1. The fraction of sp³-hybridized carbons (Fsp3) is 0.367. The number of halogens is 1. The Bertz CT molecular complexity index is 1490. The van der Waals surface area contributed by atoms with Crippen molar-refractivity contribution in [3.05, 3.63) is 76.6 Å². The van der Waals surface area contributed by atoms with E-state index in [4.69, 9.17) is 30.9 Å². The highest BCUT2D eigenvalue weighted by molar-refractivity contribution is 6.30. The van der Waals surface area contributed by atoms with E-state index in [1.54, 1.807) is 26.4 Å². The first-order valence-electron chi connectivity index (χ1n) is 13.5. The fourth-order valence-electron chi connectivity index (χ4n) is 5.59. The van der Waals surface area contributed by atoms with Crippen molar-refractivity contribution >= 4 is 29.4 Å². The van der Waals surface area contributed by atoms with Crippen molar-refractivity contribution in [1.29, 1.82) is 0 Å². The minimum Gasteiger partial charge on any atom is -0.493 e. The number of methoxy groups -OCH3 is 2. The van der Waals surface area contributed by atoms with E-state index < -0.39 is 42.6 Å². The maximum Gasteiger partial charge on any atom is 0.323 e. The Morgan fingerprint density at radius 3 is 2.62 bits per heavy atom. The lowest BCUT2D eigenvalue weighted by Gasteiger charge is -2.34. The van der Waals surface area contributed by atoms with Gasteiger partial charge in [-0.2, -0.15) is 0 Å². The van der Waals surface area contributed by atoms with Crippen LogP contribution in [0.3, 0.4) is 0 Å². The van der Waals surface area contributed by atoms with E-state index in [0.29, 0.717) is 22.1 Å². The predicted molar refractivity (Wildman–Crippen MR) is 152 cm³/mol. The molecule has 11 nitrogen and oxygen atoms in total. The number of benzene rings is 2. The van der Waals surface area contributed by atoms with Crippen molar-refractivity contribution in [2.45, 2.75) is 31.2 Å². The maximum atomic E-state index is 13.0. The Balaban J connectivity index is 1.40. The summed E-state index contributed by atoms with van der Waals surface area (Å²) in [5.74, 6) is -0.908. The molecule has 0 saturated carbocycles. The molecule has 12 heteroatoms. The van der Waals surface area contributed by atoms with E-state index in [0.717, 1.165) is 16.9 Å². The number of aromatic nitrogens is 1. The minimum absolute atomic E-state index is 0.0905. The summed E-state index contributed by atoms with van der Waals surface area (Å²) in [6.45, 7) is -0.317. The Kier molecular flexibility index (Phi) is 8.72. The number of para-hydroxylation sites is 1. The molecule has 3 heterocycles. The number of aliphatic hydroxyl groups excluding tert-OH is 1. The second kappa shape index (κ2) is 12.4. The van der Waals surface area contributed by atoms with Gasteiger partial charge < -0.3 is 38.8 Å². The number of carboxylic acid groups (broad SMARTS) is 1. The molecule has 2 aliphatic rings. The van der Waals surface area contributed by atoms with Crippen LogP contribution in [-0.2, 0) is 19.1 Å². The number of carbonyl (C=O) groups is 3. The fourth-order valence-corrected chi connectivity index (χ4v) is 5.77. The summed E-state index contributed by atoms with van der Waals surface area (Å²) in [7, 11) is 3.11. The number of piperazine rings is 1. The second-order valence-electron chi connectivity index (χ2n) is 10.2. The Hall–Kier alpha value is -4.06. The smallest absolute Gasteiger partial charge is 0.323 e. The summed E-state index contributed by atoms with van der Waals surface area (Å²) >= 11 is 6.45. The van der Waals surface area contributed by atoms with Gasteiger partial charge in [-0.15, -0.1) is 0 Å². The number of carboxylic acids is 1. The zero-order valence-corrected chi connectivity index (χ0v) is 24.0. The third-order valence-corrected chi connectivity index (χ3v) is 7.79. The van der Waals surface area contributed by atoms with Crippen molar-refractivity contribution < 1.29 is 38.8 Å². The summed E-state index contributed by atoms with van der Waals surface area (Å²) in [4.78, 5) is 38.9. The zero-order chi connectivity index (χ0) is 30.0.